The maximum Gasteiger partial charge on any atom is 0.219 e. The number of hydrogen-bond acceptors (Lipinski definition) is 3. The van der Waals surface area contributed by atoms with Gasteiger partial charge in [0.2, 0.25) is 5.88 Å². The number of ether oxygens (including phenoxy) is 1. The average molecular weight is 293 g/mol. The number of pyridine rings is 1. The SMILES string of the molecule is Fc1ccc(Oc2ccc(Cl)c(CNC3CC3)n2)cc1. The Morgan fingerprint density at radius 2 is 1.95 bits per heavy atom. The van der Waals surface area contributed by atoms with Crippen molar-refractivity contribution in [1.29, 1.82) is 0 Å². The van der Waals surface area contributed by atoms with Crippen molar-refractivity contribution in [2.75, 3.05) is 0 Å². The van der Waals surface area contributed by atoms with E-state index in [1.165, 1.54) is 25.0 Å². The fourth-order valence-corrected chi connectivity index (χ4v) is 1.97. The molecule has 1 aromatic heterocycles. The van der Waals surface area contributed by atoms with E-state index in [2.05, 4.69) is 10.3 Å². The lowest BCUT2D eigenvalue weighted by Gasteiger charge is -2.09. The van der Waals surface area contributed by atoms with Crippen molar-refractivity contribution in [3.05, 3.63) is 52.9 Å². The van der Waals surface area contributed by atoms with Gasteiger partial charge in [0.15, 0.2) is 0 Å². The molecular weight excluding hydrogens is 279 g/mol. The van der Waals surface area contributed by atoms with E-state index in [0.29, 0.717) is 29.2 Å². The Balaban J connectivity index is 1.71. The predicted molar refractivity (Wildman–Crippen MR) is 75.6 cm³/mol. The van der Waals surface area contributed by atoms with Crippen molar-refractivity contribution in [3.8, 4) is 11.6 Å². The molecule has 1 fully saturated rings. The van der Waals surface area contributed by atoms with Crippen molar-refractivity contribution in [2.45, 2.75) is 25.4 Å². The van der Waals surface area contributed by atoms with Crippen LogP contribution in [0.5, 0.6) is 11.6 Å². The highest BCUT2D eigenvalue weighted by Gasteiger charge is 2.20. The second kappa shape index (κ2) is 5.77. The molecule has 0 saturated heterocycles. The maximum absolute atomic E-state index is 12.8. The first-order chi connectivity index (χ1) is 9.70. The van der Waals surface area contributed by atoms with Gasteiger partial charge in [-0.25, -0.2) is 9.37 Å². The molecule has 0 bridgehead atoms. The predicted octanol–water partition coefficient (Wildman–Crippen LogP) is 3.92. The Morgan fingerprint density at radius 3 is 2.65 bits per heavy atom. The Bertz CT molecular complexity index is 599. The number of aromatic nitrogens is 1. The van der Waals surface area contributed by atoms with Crippen molar-refractivity contribution in [1.82, 2.24) is 10.3 Å². The van der Waals surface area contributed by atoms with Gasteiger partial charge in [-0.05, 0) is 43.2 Å². The molecule has 0 unspecified atom stereocenters. The molecule has 0 spiro atoms. The van der Waals surface area contributed by atoms with Gasteiger partial charge in [0.1, 0.15) is 11.6 Å². The molecule has 2 aromatic rings. The van der Waals surface area contributed by atoms with E-state index in [0.717, 1.165) is 5.69 Å². The number of rotatable bonds is 5. The van der Waals surface area contributed by atoms with Gasteiger partial charge in [-0.2, -0.15) is 0 Å². The molecule has 0 aliphatic heterocycles. The van der Waals surface area contributed by atoms with Gasteiger partial charge in [-0.3, -0.25) is 0 Å². The first kappa shape index (κ1) is 13.3. The standard InChI is InChI=1S/C15H14ClFN2O/c16-13-7-8-15(19-14(13)9-18-11-3-4-11)20-12-5-1-10(17)2-6-12/h1-2,5-8,11,18H,3-4,9H2. The number of benzene rings is 1. The topological polar surface area (TPSA) is 34.1 Å². The number of halogens is 2. The maximum atomic E-state index is 12.8. The second-order valence-electron chi connectivity index (χ2n) is 4.79. The molecular formula is C15H14ClFN2O. The first-order valence-electron chi connectivity index (χ1n) is 6.53. The zero-order chi connectivity index (χ0) is 13.9. The van der Waals surface area contributed by atoms with E-state index < -0.39 is 0 Å². The smallest absolute Gasteiger partial charge is 0.219 e. The molecule has 0 amide bonds. The summed E-state index contributed by atoms with van der Waals surface area (Å²) in [4.78, 5) is 4.38. The molecule has 1 aromatic carbocycles. The highest BCUT2D eigenvalue weighted by molar-refractivity contribution is 6.31. The van der Waals surface area contributed by atoms with Gasteiger partial charge in [-0.1, -0.05) is 11.6 Å². The lowest BCUT2D eigenvalue weighted by atomic mass is 10.3. The molecule has 1 N–H and O–H groups in total. The van der Waals surface area contributed by atoms with Crippen LogP contribution >= 0.6 is 11.6 Å². The fraction of sp³-hybridized carbons (Fsp3) is 0.267. The minimum atomic E-state index is -0.296. The van der Waals surface area contributed by atoms with Gasteiger partial charge in [0.05, 0.1) is 10.7 Å². The highest BCUT2D eigenvalue weighted by Crippen LogP contribution is 2.24. The summed E-state index contributed by atoms with van der Waals surface area (Å²) >= 11 is 6.12. The van der Waals surface area contributed by atoms with E-state index in [4.69, 9.17) is 16.3 Å². The zero-order valence-electron chi connectivity index (χ0n) is 10.8. The number of nitrogens with one attached hydrogen (secondary N) is 1. The minimum absolute atomic E-state index is 0.296. The van der Waals surface area contributed by atoms with Gasteiger partial charge in [0, 0.05) is 18.7 Å². The van der Waals surface area contributed by atoms with Gasteiger partial charge in [-0.15, -0.1) is 0 Å². The number of hydrogen-bond donors (Lipinski definition) is 1. The van der Waals surface area contributed by atoms with Crippen LogP contribution in [0.15, 0.2) is 36.4 Å². The molecule has 1 saturated carbocycles. The normalized spacial score (nSPS) is 14.3. The Kier molecular flexibility index (Phi) is 3.85. The summed E-state index contributed by atoms with van der Waals surface area (Å²) in [5.41, 5.74) is 0.762. The largest absolute Gasteiger partial charge is 0.439 e. The molecule has 0 atom stereocenters. The summed E-state index contributed by atoms with van der Waals surface area (Å²) in [7, 11) is 0. The van der Waals surface area contributed by atoms with E-state index in [9.17, 15) is 4.39 Å². The Morgan fingerprint density at radius 1 is 1.20 bits per heavy atom. The average Bonchev–Trinajstić information content (AvgIpc) is 3.26. The monoisotopic (exact) mass is 292 g/mol. The lowest BCUT2D eigenvalue weighted by molar-refractivity contribution is 0.458. The van der Waals surface area contributed by atoms with Crippen LogP contribution in [0.3, 0.4) is 0 Å². The Hall–Kier alpha value is -1.65. The van der Waals surface area contributed by atoms with Crippen LogP contribution in [0.1, 0.15) is 18.5 Å². The van der Waals surface area contributed by atoms with E-state index in [1.54, 1.807) is 24.3 Å². The van der Waals surface area contributed by atoms with Crippen LogP contribution in [0.25, 0.3) is 0 Å². The Labute approximate surface area is 121 Å². The quantitative estimate of drug-likeness (QED) is 0.907. The minimum Gasteiger partial charge on any atom is -0.439 e. The fourth-order valence-electron chi connectivity index (χ4n) is 1.80. The molecule has 1 heterocycles. The molecule has 1 aliphatic rings. The van der Waals surface area contributed by atoms with Crippen molar-refractivity contribution < 1.29 is 9.13 Å². The highest BCUT2D eigenvalue weighted by atomic mass is 35.5. The van der Waals surface area contributed by atoms with Crippen LogP contribution in [0.4, 0.5) is 4.39 Å². The van der Waals surface area contributed by atoms with Crippen LogP contribution in [0, 0.1) is 5.82 Å². The summed E-state index contributed by atoms with van der Waals surface area (Å²) in [6.45, 7) is 0.629. The third kappa shape index (κ3) is 3.46. The van der Waals surface area contributed by atoms with Crippen molar-refractivity contribution >= 4 is 11.6 Å². The molecule has 3 rings (SSSR count). The van der Waals surface area contributed by atoms with Crippen LogP contribution in [-0.2, 0) is 6.54 Å². The van der Waals surface area contributed by atoms with Crippen LogP contribution < -0.4 is 10.1 Å². The molecule has 0 radical (unpaired) electrons. The summed E-state index contributed by atoms with van der Waals surface area (Å²) in [5.74, 6) is 0.701. The summed E-state index contributed by atoms with van der Waals surface area (Å²) in [6.07, 6.45) is 2.42. The third-order valence-electron chi connectivity index (χ3n) is 3.06. The third-order valence-corrected chi connectivity index (χ3v) is 3.41. The van der Waals surface area contributed by atoms with E-state index >= 15 is 0 Å². The lowest BCUT2D eigenvalue weighted by Crippen LogP contribution is -2.16. The summed E-state index contributed by atoms with van der Waals surface area (Å²) < 4.78 is 18.4. The molecule has 3 nitrogen and oxygen atoms in total. The van der Waals surface area contributed by atoms with Crippen LogP contribution in [-0.4, -0.2) is 11.0 Å². The molecule has 104 valence electrons. The number of nitrogens with zero attached hydrogens (tertiary/aromatic N) is 1. The first-order valence-corrected chi connectivity index (χ1v) is 6.91. The van der Waals surface area contributed by atoms with Gasteiger partial charge < -0.3 is 10.1 Å². The van der Waals surface area contributed by atoms with Gasteiger partial charge >= 0.3 is 0 Å². The van der Waals surface area contributed by atoms with E-state index in [-0.39, 0.29) is 5.82 Å². The summed E-state index contributed by atoms with van der Waals surface area (Å²) in [5, 5.41) is 3.98. The van der Waals surface area contributed by atoms with Gasteiger partial charge in [0.25, 0.3) is 0 Å². The van der Waals surface area contributed by atoms with E-state index in [1.807, 2.05) is 0 Å². The second-order valence-corrected chi connectivity index (χ2v) is 5.20. The summed E-state index contributed by atoms with van der Waals surface area (Å²) in [6, 6.07) is 9.88. The van der Waals surface area contributed by atoms with Crippen LogP contribution in [0.2, 0.25) is 5.02 Å². The molecule has 5 heteroatoms. The molecule has 1 aliphatic carbocycles. The van der Waals surface area contributed by atoms with Crippen molar-refractivity contribution in [3.63, 3.8) is 0 Å². The van der Waals surface area contributed by atoms with Crippen molar-refractivity contribution in [2.24, 2.45) is 0 Å². The zero-order valence-corrected chi connectivity index (χ0v) is 11.5. The molecule has 20 heavy (non-hydrogen) atoms.